The number of rotatable bonds is 5. The first-order chi connectivity index (χ1) is 16.0. The molecule has 2 aliphatic rings. The number of halogens is 1. The molecule has 0 saturated carbocycles. The Balaban J connectivity index is 1.23. The minimum absolute atomic E-state index is 0.172. The number of piperidine rings is 1. The van der Waals surface area contributed by atoms with Gasteiger partial charge in [-0.3, -0.25) is 19.9 Å². The maximum Gasteiger partial charge on any atom is 0.328 e. The van der Waals surface area contributed by atoms with Crippen molar-refractivity contribution < 1.29 is 14.0 Å². The van der Waals surface area contributed by atoms with Crippen molar-refractivity contribution in [3.8, 4) is 0 Å². The number of amides is 3. The van der Waals surface area contributed by atoms with Gasteiger partial charge >= 0.3 is 6.03 Å². The molecule has 8 heteroatoms. The zero-order valence-electron chi connectivity index (χ0n) is 18.8. The van der Waals surface area contributed by atoms with Gasteiger partial charge in [0.2, 0.25) is 5.91 Å². The van der Waals surface area contributed by atoms with E-state index >= 15 is 0 Å². The normalized spacial score (nSPS) is 18.2. The molecule has 2 aromatic heterocycles. The number of nitrogens with zero attached hydrogens (tertiary/aromatic N) is 4. The summed E-state index contributed by atoms with van der Waals surface area (Å²) < 4.78 is 15.4. The number of imide groups is 1. The van der Waals surface area contributed by atoms with Crippen LogP contribution in [0.1, 0.15) is 36.0 Å². The number of benzene rings is 1. The van der Waals surface area contributed by atoms with Gasteiger partial charge in [-0.25, -0.2) is 13.7 Å². The van der Waals surface area contributed by atoms with E-state index in [2.05, 4.69) is 27.4 Å². The number of carbonyl (C=O) groups is 2. The van der Waals surface area contributed by atoms with Crippen molar-refractivity contribution in [2.24, 2.45) is 5.92 Å². The molecule has 0 radical (unpaired) electrons. The van der Waals surface area contributed by atoms with Crippen molar-refractivity contribution >= 4 is 23.1 Å². The van der Waals surface area contributed by atoms with E-state index in [1.165, 1.54) is 11.6 Å². The highest BCUT2D eigenvalue weighted by Crippen LogP contribution is 2.27. The summed E-state index contributed by atoms with van der Waals surface area (Å²) in [6.45, 7) is 5.20. The Kier molecular flexibility index (Phi) is 5.85. The highest BCUT2D eigenvalue weighted by Gasteiger charge is 2.27. The molecule has 0 atom stereocenters. The summed E-state index contributed by atoms with van der Waals surface area (Å²) in [6, 6.07) is 8.82. The highest BCUT2D eigenvalue weighted by atomic mass is 19.1. The van der Waals surface area contributed by atoms with Gasteiger partial charge in [0.05, 0.1) is 17.4 Å². The molecule has 0 spiro atoms. The Morgan fingerprint density at radius 3 is 2.73 bits per heavy atom. The summed E-state index contributed by atoms with van der Waals surface area (Å²) in [6.07, 6.45) is 7.07. The number of hydrogen-bond acceptors (Lipinski definition) is 4. The van der Waals surface area contributed by atoms with E-state index in [1.54, 1.807) is 21.7 Å². The average Bonchev–Trinajstić information content (AvgIpc) is 3.21. The number of hydrogen-bond donors (Lipinski definition) is 1. The van der Waals surface area contributed by atoms with Crippen LogP contribution in [0, 0.1) is 18.7 Å². The first-order valence-corrected chi connectivity index (χ1v) is 11.5. The molecule has 0 bridgehead atoms. The van der Waals surface area contributed by atoms with E-state index in [0.717, 1.165) is 61.2 Å². The third-order valence-electron chi connectivity index (χ3n) is 6.85. The van der Waals surface area contributed by atoms with Gasteiger partial charge < -0.3 is 0 Å². The number of likely N-dealkylation sites (tertiary alicyclic amines) is 1. The summed E-state index contributed by atoms with van der Waals surface area (Å²) in [4.78, 5) is 27.8. The summed E-state index contributed by atoms with van der Waals surface area (Å²) in [5.74, 6) is 0.167. The SMILES string of the molecule is Cc1ccc(F)cc1CN1CCC(Cc2ccn3ncc(N4CCC(=O)NC4=O)c3c2)CC1. The lowest BCUT2D eigenvalue weighted by molar-refractivity contribution is -0.120. The third-order valence-corrected chi connectivity index (χ3v) is 6.85. The quantitative estimate of drug-likeness (QED) is 0.645. The molecule has 0 unspecified atom stereocenters. The predicted octanol–water partition coefficient (Wildman–Crippen LogP) is 3.68. The van der Waals surface area contributed by atoms with Crippen LogP contribution in [-0.2, 0) is 17.8 Å². The molecular formula is C25H28FN5O2. The number of anilines is 1. The van der Waals surface area contributed by atoms with Crippen molar-refractivity contribution in [1.29, 1.82) is 0 Å². The zero-order valence-corrected chi connectivity index (χ0v) is 18.8. The molecule has 172 valence electrons. The third kappa shape index (κ3) is 4.61. The Labute approximate surface area is 192 Å². The number of aryl methyl sites for hydroxylation is 1. The van der Waals surface area contributed by atoms with Gasteiger partial charge in [0, 0.05) is 25.7 Å². The van der Waals surface area contributed by atoms with Crippen molar-refractivity contribution in [2.75, 3.05) is 24.5 Å². The lowest BCUT2D eigenvalue weighted by atomic mass is 9.90. The standard InChI is InChI=1S/C25H28FN5O2/c1-17-2-3-21(26)14-20(17)16-29-8-4-18(5-9-29)12-19-6-11-31-22(13-19)23(15-27-31)30-10-7-24(32)28-25(30)33/h2-3,6,11,13-15,18H,4-5,7-10,12,16H2,1H3,(H,28,32,33). The van der Waals surface area contributed by atoms with Crippen LogP contribution >= 0.6 is 0 Å². The van der Waals surface area contributed by atoms with Crippen molar-refractivity contribution in [1.82, 2.24) is 19.8 Å². The summed E-state index contributed by atoms with van der Waals surface area (Å²) in [5, 5.41) is 6.75. The zero-order chi connectivity index (χ0) is 22.9. The first kappa shape index (κ1) is 21.6. The Morgan fingerprint density at radius 2 is 1.94 bits per heavy atom. The van der Waals surface area contributed by atoms with E-state index in [0.29, 0.717) is 12.5 Å². The van der Waals surface area contributed by atoms with Crippen molar-refractivity contribution in [3.05, 3.63) is 65.2 Å². The molecule has 2 fully saturated rings. The molecule has 33 heavy (non-hydrogen) atoms. The van der Waals surface area contributed by atoms with Crippen LogP contribution in [0.3, 0.4) is 0 Å². The summed E-state index contributed by atoms with van der Waals surface area (Å²) in [5.41, 5.74) is 5.01. The van der Waals surface area contributed by atoms with E-state index in [1.807, 2.05) is 19.2 Å². The van der Waals surface area contributed by atoms with Crippen LogP contribution < -0.4 is 10.2 Å². The summed E-state index contributed by atoms with van der Waals surface area (Å²) in [7, 11) is 0. The van der Waals surface area contributed by atoms with Crippen molar-refractivity contribution in [2.45, 2.75) is 39.2 Å². The van der Waals surface area contributed by atoms with Gasteiger partial charge in [0.1, 0.15) is 5.82 Å². The largest absolute Gasteiger partial charge is 0.328 e. The molecule has 3 amide bonds. The molecular weight excluding hydrogens is 421 g/mol. The lowest BCUT2D eigenvalue weighted by Gasteiger charge is -2.32. The maximum absolute atomic E-state index is 13.6. The fraction of sp³-hybridized carbons (Fsp3) is 0.400. The van der Waals surface area contributed by atoms with Crippen molar-refractivity contribution in [3.63, 3.8) is 0 Å². The fourth-order valence-electron chi connectivity index (χ4n) is 4.87. The molecule has 1 N–H and O–H groups in total. The molecule has 7 nitrogen and oxygen atoms in total. The van der Waals surface area contributed by atoms with Gasteiger partial charge in [-0.15, -0.1) is 0 Å². The molecule has 5 rings (SSSR count). The smallest absolute Gasteiger partial charge is 0.299 e. The lowest BCUT2D eigenvalue weighted by Crippen LogP contribution is -2.49. The van der Waals surface area contributed by atoms with Crippen LogP contribution in [0.15, 0.2) is 42.7 Å². The first-order valence-electron chi connectivity index (χ1n) is 11.5. The second-order valence-electron chi connectivity index (χ2n) is 9.14. The van der Waals surface area contributed by atoms with Gasteiger partial charge in [0.25, 0.3) is 0 Å². The minimum Gasteiger partial charge on any atom is -0.299 e. The predicted molar refractivity (Wildman–Crippen MR) is 124 cm³/mol. The number of pyridine rings is 1. The monoisotopic (exact) mass is 449 g/mol. The molecule has 2 aliphatic heterocycles. The van der Waals surface area contributed by atoms with Gasteiger partial charge in [-0.05, 0) is 86.1 Å². The van der Waals surface area contributed by atoms with Gasteiger partial charge in [0.15, 0.2) is 0 Å². The number of aromatic nitrogens is 2. The Hall–Kier alpha value is -3.26. The molecule has 0 aliphatic carbocycles. The maximum atomic E-state index is 13.6. The van der Waals surface area contributed by atoms with Gasteiger partial charge in [-0.2, -0.15) is 5.10 Å². The van der Waals surface area contributed by atoms with Crippen LogP contribution in [0.5, 0.6) is 0 Å². The Bertz CT molecular complexity index is 1200. The second kappa shape index (κ2) is 8.94. The molecule has 3 aromatic rings. The van der Waals surface area contributed by atoms with Crippen LogP contribution in [0.4, 0.5) is 14.9 Å². The van der Waals surface area contributed by atoms with E-state index in [-0.39, 0.29) is 18.1 Å². The van der Waals surface area contributed by atoms with E-state index < -0.39 is 6.03 Å². The van der Waals surface area contributed by atoms with Crippen LogP contribution in [-0.4, -0.2) is 46.1 Å². The minimum atomic E-state index is -0.396. The molecule has 1 aromatic carbocycles. The van der Waals surface area contributed by atoms with E-state index in [4.69, 9.17) is 0 Å². The van der Waals surface area contributed by atoms with Crippen LogP contribution in [0.25, 0.3) is 5.52 Å². The number of nitrogens with one attached hydrogen (secondary N) is 1. The average molecular weight is 450 g/mol. The Morgan fingerprint density at radius 1 is 1.12 bits per heavy atom. The highest BCUT2D eigenvalue weighted by molar-refractivity contribution is 6.07. The topological polar surface area (TPSA) is 70.0 Å². The second-order valence-corrected chi connectivity index (χ2v) is 9.14. The molecule has 4 heterocycles. The van der Waals surface area contributed by atoms with E-state index in [9.17, 15) is 14.0 Å². The number of urea groups is 1. The summed E-state index contributed by atoms with van der Waals surface area (Å²) >= 11 is 0. The fourth-order valence-corrected chi connectivity index (χ4v) is 4.87. The number of fused-ring (bicyclic) bond motifs is 1. The van der Waals surface area contributed by atoms with Crippen LogP contribution in [0.2, 0.25) is 0 Å². The number of carbonyl (C=O) groups excluding carboxylic acids is 2. The molecule has 2 saturated heterocycles. The van der Waals surface area contributed by atoms with Gasteiger partial charge in [-0.1, -0.05) is 6.07 Å².